The Hall–Kier alpha value is -3.38. The third-order valence-electron chi connectivity index (χ3n) is 3.78. The fourth-order valence-corrected chi connectivity index (χ4v) is 2.53. The Morgan fingerprint density at radius 2 is 1.79 bits per heavy atom. The maximum absolute atomic E-state index is 12.6. The van der Waals surface area contributed by atoms with Crippen molar-refractivity contribution in [1.29, 1.82) is 5.26 Å². The highest BCUT2D eigenvalue weighted by Crippen LogP contribution is 2.20. The molecule has 0 saturated carbocycles. The van der Waals surface area contributed by atoms with Gasteiger partial charge in [0.15, 0.2) is 0 Å². The number of hydrogen-bond acceptors (Lipinski definition) is 3. The standard InChI is InChI=1S/C21H15NO2/c1-24-20-8-4-7-18(13-20)21(23)19(14-22)12-15-9-10-16-5-2-3-6-17(16)11-15/h2-13H,1H3/b19-12-. The third kappa shape index (κ3) is 3.18. The number of carbonyl (C=O) groups is 1. The second-order valence-corrected chi connectivity index (χ2v) is 5.34. The van der Waals surface area contributed by atoms with Gasteiger partial charge in [0.25, 0.3) is 0 Å². The Morgan fingerprint density at radius 3 is 2.54 bits per heavy atom. The van der Waals surface area contributed by atoms with Crippen LogP contribution < -0.4 is 4.74 Å². The van der Waals surface area contributed by atoms with Gasteiger partial charge < -0.3 is 4.74 Å². The lowest BCUT2D eigenvalue weighted by atomic mass is 10.0. The third-order valence-corrected chi connectivity index (χ3v) is 3.78. The van der Waals surface area contributed by atoms with Gasteiger partial charge in [0, 0.05) is 5.56 Å². The Morgan fingerprint density at radius 1 is 1.00 bits per heavy atom. The van der Waals surface area contributed by atoms with Crippen molar-refractivity contribution in [3.05, 3.63) is 83.4 Å². The Kier molecular flexibility index (Phi) is 4.40. The van der Waals surface area contributed by atoms with Crippen LogP contribution in [0.3, 0.4) is 0 Å². The summed E-state index contributed by atoms with van der Waals surface area (Å²) < 4.78 is 5.13. The van der Waals surface area contributed by atoms with Crippen LogP contribution in [0, 0.1) is 11.3 Å². The minimum absolute atomic E-state index is 0.0959. The molecule has 24 heavy (non-hydrogen) atoms. The number of nitrogens with zero attached hydrogens (tertiary/aromatic N) is 1. The molecular weight excluding hydrogens is 298 g/mol. The number of ketones is 1. The first kappa shape index (κ1) is 15.5. The van der Waals surface area contributed by atoms with Crippen molar-refractivity contribution >= 4 is 22.6 Å². The second-order valence-electron chi connectivity index (χ2n) is 5.34. The van der Waals surface area contributed by atoms with Gasteiger partial charge in [0.05, 0.1) is 7.11 Å². The zero-order valence-electron chi connectivity index (χ0n) is 13.2. The van der Waals surface area contributed by atoms with Crippen LogP contribution in [0.1, 0.15) is 15.9 Å². The van der Waals surface area contributed by atoms with Gasteiger partial charge in [-0.25, -0.2) is 0 Å². The van der Waals surface area contributed by atoms with E-state index in [-0.39, 0.29) is 11.4 Å². The summed E-state index contributed by atoms with van der Waals surface area (Å²) in [6.07, 6.45) is 1.62. The first-order valence-corrected chi connectivity index (χ1v) is 7.50. The lowest BCUT2D eigenvalue weighted by Crippen LogP contribution is -2.02. The van der Waals surface area contributed by atoms with Gasteiger partial charge in [-0.2, -0.15) is 5.26 Å². The van der Waals surface area contributed by atoms with Crippen LogP contribution in [0.2, 0.25) is 0 Å². The Labute approximate surface area is 140 Å². The summed E-state index contributed by atoms with van der Waals surface area (Å²) in [4.78, 5) is 12.6. The summed E-state index contributed by atoms with van der Waals surface area (Å²) in [5.41, 5.74) is 1.35. The zero-order chi connectivity index (χ0) is 16.9. The van der Waals surface area contributed by atoms with Gasteiger partial charge in [-0.05, 0) is 40.6 Å². The molecule has 3 aromatic rings. The number of benzene rings is 3. The number of nitriles is 1. The van der Waals surface area contributed by atoms with E-state index in [1.807, 2.05) is 48.5 Å². The molecule has 0 fully saturated rings. The molecule has 0 bridgehead atoms. The molecule has 0 aromatic heterocycles. The number of fused-ring (bicyclic) bond motifs is 1. The van der Waals surface area contributed by atoms with Crippen molar-refractivity contribution < 1.29 is 9.53 Å². The highest BCUT2D eigenvalue weighted by atomic mass is 16.5. The van der Waals surface area contributed by atoms with Crippen LogP contribution in [0.5, 0.6) is 5.75 Å². The summed E-state index contributed by atoms with van der Waals surface area (Å²) in [6.45, 7) is 0. The molecule has 116 valence electrons. The van der Waals surface area contributed by atoms with Gasteiger partial charge in [-0.15, -0.1) is 0 Å². The largest absolute Gasteiger partial charge is 0.497 e. The van der Waals surface area contributed by atoms with Crippen molar-refractivity contribution in [3.8, 4) is 11.8 Å². The number of hydrogen-bond donors (Lipinski definition) is 0. The minimum atomic E-state index is -0.315. The number of methoxy groups -OCH3 is 1. The molecule has 0 N–H and O–H groups in total. The average molecular weight is 313 g/mol. The van der Waals surface area contributed by atoms with Crippen molar-refractivity contribution in [2.75, 3.05) is 7.11 Å². The number of Topliss-reactive ketones (excluding diaryl/α,β-unsaturated/α-hetero) is 1. The molecule has 0 aliphatic carbocycles. The van der Waals surface area contributed by atoms with Gasteiger partial charge in [0.1, 0.15) is 17.4 Å². The Bertz CT molecular complexity index is 980. The Balaban J connectivity index is 1.98. The molecule has 3 nitrogen and oxygen atoms in total. The highest BCUT2D eigenvalue weighted by Gasteiger charge is 2.13. The van der Waals surface area contributed by atoms with E-state index in [1.165, 1.54) is 0 Å². The monoisotopic (exact) mass is 313 g/mol. The SMILES string of the molecule is COc1cccc(C(=O)/C(C#N)=C\c2ccc3ccccc3c2)c1. The van der Waals surface area contributed by atoms with E-state index in [2.05, 4.69) is 0 Å². The molecule has 0 unspecified atom stereocenters. The van der Waals surface area contributed by atoms with Gasteiger partial charge in [-0.1, -0.05) is 48.5 Å². The molecular formula is C21H15NO2. The fourth-order valence-electron chi connectivity index (χ4n) is 2.53. The van der Waals surface area contributed by atoms with Crippen LogP contribution in [0.25, 0.3) is 16.8 Å². The summed E-state index contributed by atoms with van der Waals surface area (Å²) in [5.74, 6) is 0.272. The van der Waals surface area contributed by atoms with Crippen LogP contribution in [0.4, 0.5) is 0 Å². The van der Waals surface area contributed by atoms with Crippen molar-refractivity contribution in [2.45, 2.75) is 0 Å². The van der Waals surface area contributed by atoms with E-state index in [9.17, 15) is 10.1 Å². The average Bonchev–Trinajstić information content (AvgIpc) is 2.65. The van der Waals surface area contributed by atoms with Gasteiger partial charge in [-0.3, -0.25) is 4.79 Å². The molecule has 0 amide bonds. The number of rotatable bonds is 4. The molecule has 0 saturated heterocycles. The van der Waals surface area contributed by atoms with Crippen molar-refractivity contribution in [1.82, 2.24) is 0 Å². The predicted molar refractivity (Wildman–Crippen MR) is 94.9 cm³/mol. The molecule has 0 heterocycles. The van der Waals surface area contributed by atoms with Crippen molar-refractivity contribution in [3.63, 3.8) is 0 Å². The zero-order valence-corrected chi connectivity index (χ0v) is 13.2. The lowest BCUT2D eigenvalue weighted by Gasteiger charge is -2.04. The molecule has 3 rings (SSSR count). The number of carbonyl (C=O) groups excluding carboxylic acids is 1. The molecule has 0 aliphatic rings. The normalized spacial score (nSPS) is 11.1. The highest BCUT2D eigenvalue weighted by molar-refractivity contribution is 6.14. The molecule has 0 radical (unpaired) electrons. The van der Waals surface area contributed by atoms with E-state index in [1.54, 1.807) is 37.5 Å². The van der Waals surface area contributed by atoms with Gasteiger partial charge >= 0.3 is 0 Å². The van der Waals surface area contributed by atoms with E-state index >= 15 is 0 Å². The second kappa shape index (κ2) is 6.80. The first-order valence-electron chi connectivity index (χ1n) is 7.50. The smallest absolute Gasteiger partial charge is 0.203 e. The van der Waals surface area contributed by atoms with Crippen LogP contribution >= 0.6 is 0 Å². The van der Waals surface area contributed by atoms with E-state index in [4.69, 9.17) is 4.74 Å². The molecule has 0 aliphatic heterocycles. The quantitative estimate of drug-likeness (QED) is 0.400. The van der Waals surface area contributed by atoms with Crippen LogP contribution in [0.15, 0.2) is 72.3 Å². The van der Waals surface area contributed by atoms with Crippen LogP contribution in [-0.2, 0) is 0 Å². The summed E-state index contributed by atoms with van der Waals surface area (Å²) in [5, 5.41) is 11.6. The topological polar surface area (TPSA) is 50.1 Å². The molecule has 0 atom stereocenters. The summed E-state index contributed by atoms with van der Waals surface area (Å²) >= 11 is 0. The summed E-state index contributed by atoms with van der Waals surface area (Å²) in [6, 6.07) is 22.6. The summed E-state index contributed by atoms with van der Waals surface area (Å²) in [7, 11) is 1.54. The van der Waals surface area contributed by atoms with E-state index < -0.39 is 0 Å². The predicted octanol–water partition coefficient (Wildman–Crippen LogP) is 4.64. The lowest BCUT2D eigenvalue weighted by molar-refractivity contribution is 0.103. The van der Waals surface area contributed by atoms with Gasteiger partial charge in [0.2, 0.25) is 5.78 Å². The van der Waals surface area contributed by atoms with Crippen LogP contribution in [-0.4, -0.2) is 12.9 Å². The minimum Gasteiger partial charge on any atom is -0.497 e. The maximum atomic E-state index is 12.6. The molecule has 3 aromatic carbocycles. The molecule has 3 heteroatoms. The maximum Gasteiger partial charge on any atom is 0.203 e. The number of allylic oxidation sites excluding steroid dienone is 1. The van der Waals surface area contributed by atoms with E-state index in [0.717, 1.165) is 16.3 Å². The fraction of sp³-hybridized carbons (Fsp3) is 0.0476. The van der Waals surface area contributed by atoms with Crippen molar-refractivity contribution in [2.24, 2.45) is 0 Å². The number of ether oxygens (including phenoxy) is 1. The van der Waals surface area contributed by atoms with E-state index in [0.29, 0.717) is 11.3 Å². The first-order chi connectivity index (χ1) is 11.7. The molecule has 0 spiro atoms.